The van der Waals surface area contributed by atoms with Gasteiger partial charge in [-0.2, -0.15) is 0 Å². The van der Waals surface area contributed by atoms with E-state index >= 15 is 0 Å². The molecule has 1 N–H and O–H groups in total. The van der Waals surface area contributed by atoms with Crippen molar-refractivity contribution in [2.45, 2.75) is 67.3 Å². The largest absolute Gasteiger partial charge is 0.391 e. The molecular weight excluding hydrogens is 436 g/mol. The third-order valence-electron chi connectivity index (χ3n) is 9.90. The van der Waals surface area contributed by atoms with Crippen molar-refractivity contribution in [2.75, 3.05) is 31.1 Å². The number of β-amino-alcohol motifs (C(OH)–C–C–N with tert-alkyl or cyclic N) is 1. The Morgan fingerprint density at radius 2 is 1.35 bits per heavy atom. The molecule has 34 heavy (non-hydrogen) atoms. The molecule has 180 valence electrons. The number of aliphatic hydroxyl groups is 1. The van der Waals surface area contributed by atoms with Crippen LogP contribution in [-0.4, -0.2) is 42.3 Å². The van der Waals surface area contributed by atoms with Gasteiger partial charge in [-0.15, -0.1) is 0 Å². The van der Waals surface area contributed by atoms with E-state index in [-0.39, 0.29) is 11.5 Å². The van der Waals surface area contributed by atoms with Gasteiger partial charge in [0.15, 0.2) is 0 Å². The van der Waals surface area contributed by atoms with Crippen LogP contribution < -0.4 is 4.90 Å². The van der Waals surface area contributed by atoms with E-state index < -0.39 is 0 Å². The Balaban J connectivity index is 0.999. The molecule has 0 spiro atoms. The van der Waals surface area contributed by atoms with Gasteiger partial charge in [0, 0.05) is 22.9 Å². The molecule has 1 atom stereocenters. The van der Waals surface area contributed by atoms with E-state index in [1.54, 1.807) is 0 Å². The van der Waals surface area contributed by atoms with Gasteiger partial charge in [0.1, 0.15) is 0 Å². The van der Waals surface area contributed by atoms with Gasteiger partial charge in [-0.25, -0.2) is 0 Å². The lowest BCUT2D eigenvalue weighted by Gasteiger charge is -2.59. The first kappa shape index (κ1) is 21.8. The maximum Gasteiger partial charge on any atom is 0.0723 e. The zero-order chi connectivity index (χ0) is 22.7. The smallest absolute Gasteiger partial charge is 0.0723 e. The van der Waals surface area contributed by atoms with Crippen molar-refractivity contribution < 1.29 is 5.11 Å². The van der Waals surface area contributed by atoms with Gasteiger partial charge in [-0.1, -0.05) is 36.0 Å². The van der Waals surface area contributed by atoms with Crippen molar-refractivity contribution in [2.24, 2.45) is 29.1 Å². The number of piperidine rings is 1. The minimum Gasteiger partial charge on any atom is -0.391 e. The second kappa shape index (κ2) is 8.57. The van der Waals surface area contributed by atoms with Crippen molar-refractivity contribution in [1.82, 2.24) is 4.90 Å². The Morgan fingerprint density at radius 3 is 1.91 bits per heavy atom. The van der Waals surface area contributed by atoms with Gasteiger partial charge in [0.25, 0.3) is 0 Å². The molecule has 0 aromatic heterocycles. The van der Waals surface area contributed by atoms with E-state index in [2.05, 4.69) is 58.3 Å². The second-order valence-electron chi connectivity index (χ2n) is 12.2. The van der Waals surface area contributed by atoms with E-state index in [4.69, 9.17) is 0 Å². The highest BCUT2D eigenvalue weighted by Gasteiger charge is 2.54. The minimum atomic E-state index is -0.115. The molecule has 0 unspecified atom stereocenters. The van der Waals surface area contributed by atoms with Crippen molar-refractivity contribution >= 4 is 23.1 Å². The number of nitrogens with zero attached hydrogens (tertiary/aromatic N) is 2. The lowest BCUT2D eigenvalue weighted by Crippen LogP contribution is -2.55. The molecule has 2 heterocycles. The summed E-state index contributed by atoms with van der Waals surface area (Å²) in [7, 11) is 0. The van der Waals surface area contributed by atoms with Crippen molar-refractivity contribution in [1.29, 1.82) is 0 Å². The SMILES string of the molecule is O[C@@H](CN1CCC(CN2c3ccccc3Sc3ccccc32)CC1)C12CC3CC(CC(C3)C1)C2. The standard InChI is InChI=1S/C30H38N2OS/c33-29(30-16-22-13-23(17-30)15-24(14-22)18-30)20-31-11-9-21(10-12-31)19-32-25-5-1-3-7-27(25)34-28-8-4-2-6-26(28)32/h1-8,21-24,29,33H,9-20H2/t22?,23?,24?,29-,30?/m0/s1. The lowest BCUT2D eigenvalue weighted by molar-refractivity contribution is -0.127. The van der Waals surface area contributed by atoms with Gasteiger partial charge in [-0.3, -0.25) is 0 Å². The van der Waals surface area contributed by atoms with E-state index in [1.165, 1.54) is 72.5 Å². The molecule has 0 amide bonds. The van der Waals surface area contributed by atoms with Crippen LogP contribution in [0, 0.1) is 29.1 Å². The fourth-order valence-electron chi connectivity index (χ4n) is 8.61. The molecule has 4 saturated carbocycles. The number of hydrogen-bond donors (Lipinski definition) is 1. The summed E-state index contributed by atoms with van der Waals surface area (Å²) in [6.07, 6.45) is 10.7. The van der Waals surface area contributed by atoms with Crippen LogP contribution >= 0.6 is 11.8 Å². The fourth-order valence-corrected chi connectivity index (χ4v) is 9.71. The highest BCUT2D eigenvalue weighted by molar-refractivity contribution is 7.99. The number of likely N-dealkylation sites (tertiary alicyclic amines) is 1. The quantitative estimate of drug-likeness (QED) is 0.530. The summed E-state index contributed by atoms with van der Waals surface area (Å²) in [5.74, 6) is 3.46. The molecule has 2 aliphatic heterocycles. The molecule has 4 heteroatoms. The first-order valence-corrected chi connectivity index (χ1v) is 14.5. The van der Waals surface area contributed by atoms with E-state index in [1.807, 2.05) is 11.8 Å². The Hall–Kier alpha value is -1.49. The Morgan fingerprint density at radius 1 is 0.824 bits per heavy atom. The number of benzene rings is 2. The number of fused-ring (bicyclic) bond motifs is 2. The van der Waals surface area contributed by atoms with Gasteiger partial charge >= 0.3 is 0 Å². The van der Waals surface area contributed by atoms with Crippen LogP contribution in [0.15, 0.2) is 58.3 Å². The summed E-state index contributed by atoms with van der Waals surface area (Å²) in [4.78, 5) is 7.91. The topological polar surface area (TPSA) is 26.7 Å². The zero-order valence-corrected chi connectivity index (χ0v) is 21.1. The average Bonchev–Trinajstić information content (AvgIpc) is 2.84. The van der Waals surface area contributed by atoms with Crippen molar-refractivity contribution in [3.8, 4) is 0 Å². The molecule has 2 aromatic carbocycles. The van der Waals surface area contributed by atoms with Crippen LogP contribution in [0.1, 0.15) is 51.4 Å². The fraction of sp³-hybridized carbons (Fsp3) is 0.600. The summed E-state index contributed by atoms with van der Waals surface area (Å²) in [6.45, 7) is 4.28. The van der Waals surface area contributed by atoms with E-state index in [9.17, 15) is 5.11 Å². The molecular formula is C30H38N2OS. The second-order valence-corrected chi connectivity index (χ2v) is 13.3. The number of rotatable bonds is 5. The van der Waals surface area contributed by atoms with Gasteiger partial charge in [0.2, 0.25) is 0 Å². The number of anilines is 2. The minimum absolute atomic E-state index is 0.115. The van der Waals surface area contributed by atoms with Gasteiger partial charge in [-0.05, 0) is 118 Å². The third-order valence-corrected chi connectivity index (χ3v) is 11.0. The van der Waals surface area contributed by atoms with Crippen LogP contribution in [0.5, 0.6) is 0 Å². The zero-order valence-electron chi connectivity index (χ0n) is 20.2. The van der Waals surface area contributed by atoms with E-state index in [0.29, 0.717) is 5.92 Å². The summed E-state index contributed by atoms with van der Waals surface area (Å²) >= 11 is 1.90. The van der Waals surface area contributed by atoms with Crippen molar-refractivity contribution in [3.05, 3.63) is 48.5 Å². The Kier molecular flexibility index (Phi) is 5.48. The molecule has 1 saturated heterocycles. The van der Waals surface area contributed by atoms with Gasteiger partial charge in [0.05, 0.1) is 17.5 Å². The first-order chi connectivity index (χ1) is 16.6. The van der Waals surface area contributed by atoms with Gasteiger partial charge < -0.3 is 14.9 Å². The average molecular weight is 475 g/mol. The highest BCUT2D eigenvalue weighted by atomic mass is 32.2. The summed E-state index contributed by atoms with van der Waals surface area (Å²) < 4.78 is 0. The maximum atomic E-state index is 11.5. The molecule has 0 radical (unpaired) electrons. The molecule has 2 aromatic rings. The van der Waals surface area contributed by atoms with E-state index in [0.717, 1.165) is 43.9 Å². The number of aliphatic hydroxyl groups excluding tert-OH is 1. The molecule has 4 aliphatic carbocycles. The number of para-hydroxylation sites is 2. The normalized spacial score (nSPS) is 33.6. The van der Waals surface area contributed by atoms with Crippen LogP contribution in [0.4, 0.5) is 11.4 Å². The monoisotopic (exact) mass is 474 g/mol. The van der Waals surface area contributed by atoms with Crippen LogP contribution in [0.25, 0.3) is 0 Å². The molecule has 8 rings (SSSR count). The summed E-state index contributed by atoms with van der Waals surface area (Å²) in [5.41, 5.74) is 2.99. The van der Waals surface area contributed by atoms with Crippen molar-refractivity contribution in [3.63, 3.8) is 0 Å². The summed E-state index contributed by atoms with van der Waals surface area (Å²) in [5, 5.41) is 11.5. The molecule has 4 bridgehead atoms. The van der Waals surface area contributed by atoms with Crippen LogP contribution in [-0.2, 0) is 0 Å². The number of hydrogen-bond acceptors (Lipinski definition) is 4. The summed E-state index contributed by atoms with van der Waals surface area (Å²) in [6, 6.07) is 17.8. The molecule has 3 nitrogen and oxygen atoms in total. The Labute approximate surface area is 208 Å². The van der Waals surface area contributed by atoms with Crippen LogP contribution in [0.2, 0.25) is 0 Å². The maximum absolute atomic E-state index is 11.5. The third kappa shape index (κ3) is 3.81. The lowest BCUT2D eigenvalue weighted by atomic mass is 9.48. The predicted molar refractivity (Wildman–Crippen MR) is 140 cm³/mol. The van der Waals surface area contributed by atoms with Crippen LogP contribution in [0.3, 0.4) is 0 Å². The first-order valence-electron chi connectivity index (χ1n) is 13.7. The highest BCUT2D eigenvalue weighted by Crippen LogP contribution is 2.61. The Bertz CT molecular complexity index is 965. The molecule has 6 aliphatic rings. The predicted octanol–water partition coefficient (Wildman–Crippen LogP) is 6.58. The molecule has 5 fully saturated rings.